The number of ether oxygens (including phenoxy) is 1. The van der Waals surface area contributed by atoms with Crippen LogP contribution in [0.5, 0.6) is 5.75 Å². The lowest BCUT2D eigenvalue weighted by Crippen LogP contribution is -2.29. The fraction of sp³-hybridized carbons (Fsp3) is 0.217. The number of aryl methyl sites for hydroxylation is 2. The number of carbonyl (C=O) groups is 1. The van der Waals surface area contributed by atoms with Gasteiger partial charge in [-0.1, -0.05) is 0 Å². The molecule has 0 atom stereocenters. The van der Waals surface area contributed by atoms with Crippen LogP contribution in [0.4, 0.5) is 10.3 Å². The maximum absolute atomic E-state index is 14.6. The fourth-order valence-corrected chi connectivity index (χ4v) is 4.35. The number of hydrogen-bond donors (Lipinski definition) is 2. The molecule has 2 aliphatic heterocycles. The van der Waals surface area contributed by atoms with Gasteiger partial charge in [-0.15, -0.1) is 0 Å². The summed E-state index contributed by atoms with van der Waals surface area (Å²) in [7, 11) is 1.86. The molecule has 5 heterocycles. The predicted molar refractivity (Wildman–Crippen MR) is 119 cm³/mol. The topological polar surface area (TPSA) is 98.4 Å². The largest absolute Gasteiger partial charge is 0.493 e. The van der Waals surface area contributed by atoms with Gasteiger partial charge in [0.15, 0.2) is 5.65 Å². The van der Waals surface area contributed by atoms with Crippen LogP contribution in [0.25, 0.3) is 22.5 Å². The van der Waals surface area contributed by atoms with E-state index in [0.29, 0.717) is 41.5 Å². The minimum Gasteiger partial charge on any atom is -0.493 e. The van der Waals surface area contributed by atoms with E-state index < -0.39 is 0 Å². The molecule has 33 heavy (non-hydrogen) atoms. The SMILES string of the molecule is Cc1cc(-c2cnc(NCc3c(F)ccc4c3CCO4)n3cc(C4=CNC4=O)nc23)n(C)n1. The van der Waals surface area contributed by atoms with E-state index in [9.17, 15) is 9.18 Å². The van der Waals surface area contributed by atoms with Crippen molar-refractivity contribution in [3.63, 3.8) is 0 Å². The van der Waals surface area contributed by atoms with Crippen LogP contribution in [0.3, 0.4) is 0 Å². The maximum Gasteiger partial charge on any atom is 0.258 e. The van der Waals surface area contributed by atoms with Crippen molar-refractivity contribution >= 4 is 23.1 Å². The molecule has 0 fully saturated rings. The quantitative estimate of drug-likeness (QED) is 0.490. The molecule has 2 N–H and O–H groups in total. The van der Waals surface area contributed by atoms with E-state index in [1.807, 2.05) is 20.0 Å². The lowest BCUT2D eigenvalue weighted by atomic mass is 10.0. The van der Waals surface area contributed by atoms with Gasteiger partial charge in [0, 0.05) is 49.7 Å². The van der Waals surface area contributed by atoms with Gasteiger partial charge in [0.1, 0.15) is 11.6 Å². The van der Waals surface area contributed by atoms with Crippen molar-refractivity contribution in [2.75, 3.05) is 11.9 Å². The third kappa shape index (κ3) is 3.05. The second-order valence-corrected chi connectivity index (χ2v) is 8.10. The third-order valence-corrected chi connectivity index (χ3v) is 6.00. The number of rotatable bonds is 5. The summed E-state index contributed by atoms with van der Waals surface area (Å²) in [5.41, 5.74) is 5.59. The van der Waals surface area contributed by atoms with E-state index in [-0.39, 0.29) is 18.3 Å². The van der Waals surface area contributed by atoms with Crippen LogP contribution in [0, 0.1) is 12.7 Å². The highest BCUT2D eigenvalue weighted by Crippen LogP contribution is 2.32. The van der Waals surface area contributed by atoms with Crippen molar-refractivity contribution in [1.82, 2.24) is 29.5 Å². The van der Waals surface area contributed by atoms with Crippen LogP contribution in [0.1, 0.15) is 22.5 Å². The molecule has 0 spiro atoms. The van der Waals surface area contributed by atoms with Gasteiger partial charge in [0.2, 0.25) is 5.95 Å². The number of aromatic nitrogens is 5. The molecule has 6 rings (SSSR count). The first-order valence-electron chi connectivity index (χ1n) is 10.6. The molecule has 2 aliphatic rings. The molecule has 1 aromatic carbocycles. The number of hydrogen-bond acceptors (Lipinski definition) is 6. The van der Waals surface area contributed by atoms with E-state index >= 15 is 0 Å². The summed E-state index contributed by atoms with van der Waals surface area (Å²) >= 11 is 0. The summed E-state index contributed by atoms with van der Waals surface area (Å²) in [5, 5.41) is 10.3. The van der Waals surface area contributed by atoms with Crippen LogP contribution in [-0.2, 0) is 24.8 Å². The van der Waals surface area contributed by atoms with Gasteiger partial charge in [0.25, 0.3) is 5.91 Å². The molecule has 0 saturated carbocycles. The van der Waals surface area contributed by atoms with Crippen LogP contribution in [-0.4, -0.2) is 36.7 Å². The van der Waals surface area contributed by atoms with Gasteiger partial charge in [-0.25, -0.2) is 14.4 Å². The first kappa shape index (κ1) is 19.5. The fourth-order valence-electron chi connectivity index (χ4n) is 4.35. The zero-order chi connectivity index (χ0) is 22.7. The Kier molecular flexibility index (Phi) is 4.22. The Labute approximate surface area is 187 Å². The molecular weight excluding hydrogens is 425 g/mol. The van der Waals surface area contributed by atoms with E-state index in [1.54, 1.807) is 33.7 Å². The average molecular weight is 445 g/mol. The van der Waals surface area contributed by atoms with E-state index in [4.69, 9.17) is 9.72 Å². The Bertz CT molecular complexity index is 1480. The second kappa shape index (κ2) is 7.16. The zero-order valence-electron chi connectivity index (χ0n) is 18.0. The van der Waals surface area contributed by atoms with Gasteiger partial charge in [-0.2, -0.15) is 5.10 Å². The number of nitrogens with one attached hydrogen (secondary N) is 2. The van der Waals surface area contributed by atoms with Crippen molar-refractivity contribution in [3.05, 3.63) is 65.1 Å². The van der Waals surface area contributed by atoms with Crippen LogP contribution >= 0.6 is 0 Å². The molecule has 1 amide bonds. The molecule has 0 aliphatic carbocycles. The molecule has 0 saturated heterocycles. The predicted octanol–water partition coefficient (Wildman–Crippen LogP) is 2.60. The summed E-state index contributed by atoms with van der Waals surface area (Å²) < 4.78 is 23.7. The highest BCUT2D eigenvalue weighted by molar-refractivity contribution is 6.24. The molecule has 0 unspecified atom stereocenters. The molecule has 166 valence electrons. The number of anilines is 1. The number of fused-ring (bicyclic) bond motifs is 2. The molecule has 10 heteroatoms. The Morgan fingerprint density at radius 3 is 2.94 bits per heavy atom. The van der Waals surface area contributed by atoms with Gasteiger partial charge >= 0.3 is 0 Å². The Morgan fingerprint density at radius 2 is 2.21 bits per heavy atom. The normalized spacial score (nSPS) is 14.5. The second-order valence-electron chi connectivity index (χ2n) is 8.10. The first-order chi connectivity index (χ1) is 16.0. The first-order valence-corrected chi connectivity index (χ1v) is 10.6. The van der Waals surface area contributed by atoms with Gasteiger partial charge in [-0.05, 0) is 25.1 Å². The van der Waals surface area contributed by atoms with E-state index in [1.165, 1.54) is 6.07 Å². The molecular formula is C23H20FN7O2. The van der Waals surface area contributed by atoms with Crippen molar-refractivity contribution in [1.29, 1.82) is 0 Å². The lowest BCUT2D eigenvalue weighted by Gasteiger charge is -2.13. The summed E-state index contributed by atoms with van der Waals surface area (Å²) in [6.07, 6.45) is 5.78. The highest BCUT2D eigenvalue weighted by Gasteiger charge is 2.25. The number of amides is 1. The average Bonchev–Trinajstić information content (AvgIpc) is 3.50. The third-order valence-electron chi connectivity index (χ3n) is 6.00. The van der Waals surface area contributed by atoms with Crippen molar-refractivity contribution in [2.45, 2.75) is 19.9 Å². The number of nitrogens with zero attached hydrogens (tertiary/aromatic N) is 5. The van der Waals surface area contributed by atoms with Gasteiger partial charge in [-0.3, -0.25) is 13.9 Å². The highest BCUT2D eigenvalue weighted by atomic mass is 19.1. The lowest BCUT2D eigenvalue weighted by molar-refractivity contribution is -0.116. The van der Waals surface area contributed by atoms with Crippen LogP contribution in [0.2, 0.25) is 0 Å². The van der Waals surface area contributed by atoms with Gasteiger partial charge in [0.05, 0.1) is 34.8 Å². The zero-order valence-corrected chi connectivity index (χ0v) is 18.0. The number of imidazole rings is 1. The molecule has 3 aromatic heterocycles. The summed E-state index contributed by atoms with van der Waals surface area (Å²) in [4.78, 5) is 21.3. The summed E-state index contributed by atoms with van der Waals surface area (Å²) in [6.45, 7) is 2.71. The van der Waals surface area contributed by atoms with Gasteiger partial charge < -0.3 is 15.4 Å². The van der Waals surface area contributed by atoms with Crippen LogP contribution in [0.15, 0.2) is 36.8 Å². The number of benzene rings is 1. The van der Waals surface area contributed by atoms with Crippen molar-refractivity contribution < 1.29 is 13.9 Å². The molecule has 0 bridgehead atoms. The number of carbonyl (C=O) groups excluding carboxylic acids is 1. The van der Waals surface area contributed by atoms with Crippen LogP contribution < -0.4 is 15.4 Å². The molecule has 0 radical (unpaired) electrons. The Hall–Kier alpha value is -4.21. The Balaban J connectivity index is 1.44. The monoisotopic (exact) mass is 445 g/mol. The summed E-state index contributed by atoms with van der Waals surface area (Å²) in [5.74, 6) is 0.747. The number of halogens is 1. The Morgan fingerprint density at radius 1 is 1.33 bits per heavy atom. The molecule has 4 aromatic rings. The van der Waals surface area contributed by atoms with Crippen molar-refractivity contribution in [2.24, 2.45) is 7.05 Å². The summed E-state index contributed by atoms with van der Waals surface area (Å²) in [6, 6.07) is 5.05. The minimum absolute atomic E-state index is 0.180. The maximum atomic E-state index is 14.6. The van der Waals surface area contributed by atoms with Crippen molar-refractivity contribution in [3.8, 4) is 17.0 Å². The standard InChI is InChI=1S/C23H20FN7O2/c1-12-7-19(30(2)29-12)16-10-27-23(31-11-18(28-21(16)31)15-9-25-22(15)32)26-8-14-13-5-6-33-20(13)4-3-17(14)24/h3-4,7,9-11H,5-6,8H2,1-2H3,(H,25,32)(H,26,27). The van der Waals surface area contributed by atoms with E-state index in [0.717, 1.165) is 28.3 Å². The van der Waals surface area contributed by atoms with E-state index in [2.05, 4.69) is 20.7 Å². The smallest absolute Gasteiger partial charge is 0.258 e. The minimum atomic E-state index is -0.285. The molecule has 9 nitrogen and oxygen atoms in total.